The van der Waals surface area contributed by atoms with Gasteiger partial charge in [-0.05, 0) is 57.5 Å². The minimum atomic E-state index is -1.01. The third kappa shape index (κ3) is 13.9. The summed E-state index contributed by atoms with van der Waals surface area (Å²) in [6, 6.07) is 0.701. The summed E-state index contributed by atoms with van der Waals surface area (Å²) in [6.45, 7) is 14.5. The molecule has 180 valence electrons. The van der Waals surface area contributed by atoms with Crippen LogP contribution in [0.5, 0.6) is 0 Å². The summed E-state index contributed by atoms with van der Waals surface area (Å²) in [5.41, 5.74) is 0.191. The molecule has 31 heavy (non-hydrogen) atoms. The van der Waals surface area contributed by atoms with E-state index in [9.17, 15) is 14.4 Å². The number of carboxylic acid groups (broad SMARTS) is 1. The number of carbonyl (C=O) groups is 3. The molecule has 7 nitrogen and oxygen atoms in total. The molecule has 1 aliphatic heterocycles. The third-order valence-electron chi connectivity index (χ3n) is 5.07. The van der Waals surface area contributed by atoms with Gasteiger partial charge in [0.25, 0.3) is 0 Å². The quantitative estimate of drug-likeness (QED) is 0.446. The summed E-state index contributed by atoms with van der Waals surface area (Å²) in [7, 11) is 1.59. The maximum atomic E-state index is 11.7. The van der Waals surface area contributed by atoms with Crippen molar-refractivity contribution in [3.8, 4) is 0 Å². The van der Waals surface area contributed by atoms with E-state index in [0.29, 0.717) is 6.41 Å². The average Bonchev–Trinajstić information content (AvgIpc) is 3.55. The highest BCUT2D eigenvalue weighted by atomic mass is 16.4. The maximum Gasteiger partial charge on any atom is 0.331 e. The van der Waals surface area contributed by atoms with E-state index in [4.69, 9.17) is 5.11 Å². The van der Waals surface area contributed by atoms with Crippen molar-refractivity contribution in [2.75, 3.05) is 26.7 Å². The maximum absolute atomic E-state index is 11.7. The van der Waals surface area contributed by atoms with Gasteiger partial charge in [0.05, 0.1) is 12.6 Å². The second-order valence-corrected chi connectivity index (χ2v) is 9.45. The van der Waals surface area contributed by atoms with Gasteiger partial charge in [0.15, 0.2) is 0 Å². The zero-order valence-electron chi connectivity index (χ0n) is 20.7. The second kappa shape index (κ2) is 15.8. The first-order valence-electron chi connectivity index (χ1n) is 11.6. The Labute approximate surface area is 189 Å². The molecule has 0 bridgehead atoms. The molecule has 1 saturated carbocycles. The normalized spacial score (nSPS) is 17.6. The van der Waals surface area contributed by atoms with Crippen LogP contribution in [0.25, 0.3) is 0 Å². The summed E-state index contributed by atoms with van der Waals surface area (Å²) >= 11 is 0. The Morgan fingerprint density at radius 3 is 2.00 bits per heavy atom. The molecular formula is C24H45N3O4. The van der Waals surface area contributed by atoms with Gasteiger partial charge in [-0.2, -0.15) is 0 Å². The number of nitrogens with zero attached hydrogens (tertiary/aromatic N) is 2. The van der Waals surface area contributed by atoms with Gasteiger partial charge >= 0.3 is 5.97 Å². The number of rotatable bonds is 8. The van der Waals surface area contributed by atoms with Gasteiger partial charge in [-0.25, -0.2) is 4.79 Å². The highest BCUT2D eigenvalue weighted by Gasteiger charge is 2.29. The molecule has 0 spiro atoms. The Morgan fingerprint density at radius 1 is 1.10 bits per heavy atom. The molecule has 0 aromatic carbocycles. The number of likely N-dealkylation sites (N-methyl/N-ethyl adjacent to an activating group) is 1. The predicted octanol–water partition coefficient (Wildman–Crippen LogP) is 3.54. The predicted molar refractivity (Wildman–Crippen MR) is 126 cm³/mol. The van der Waals surface area contributed by atoms with Crippen LogP contribution >= 0.6 is 0 Å². The first-order valence-corrected chi connectivity index (χ1v) is 11.6. The number of hydrogen-bond acceptors (Lipinski definition) is 4. The van der Waals surface area contributed by atoms with Crippen molar-refractivity contribution in [1.82, 2.24) is 15.1 Å². The lowest BCUT2D eigenvalue weighted by molar-refractivity contribution is -0.133. The number of piperidine rings is 1. The largest absolute Gasteiger partial charge is 0.478 e. The van der Waals surface area contributed by atoms with Crippen LogP contribution in [0.3, 0.4) is 0 Å². The van der Waals surface area contributed by atoms with Crippen molar-refractivity contribution in [3.63, 3.8) is 0 Å². The molecule has 0 aromatic heterocycles. The van der Waals surface area contributed by atoms with Crippen LogP contribution in [0.2, 0.25) is 0 Å². The minimum Gasteiger partial charge on any atom is -0.478 e. The van der Waals surface area contributed by atoms with Gasteiger partial charge in [-0.3, -0.25) is 9.59 Å². The number of hydrogen-bond donors (Lipinski definition) is 2. The third-order valence-corrected chi connectivity index (χ3v) is 5.07. The van der Waals surface area contributed by atoms with E-state index in [2.05, 4.69) is 31.0 Å². The number of likely N-dealkylation sites (tertiary alicyclic amines) is 1. The van der Waals surface area contributed by atoms with Crippen molar-refractivity contribution in [2.45, 2.75) is 85.7 Å². The first kappa shape index (κ1) is 29.1. The van der Waals surface area contributed by atoms with Crippen molar-refractivity contribution in [3.05, 3.63) is 11.6 Å². The fraction of sp³-hybridized carbons (Fsp3) is 0.792. The highest BCUT2D eigenvalue weighted by Crippen LogP contribution is 2.28. The molecule has 1 aliphatic carbocycles. The molecule has 0 aromatic rings. The van der Waals surface area contributed by atoms with E-state index in [1.165, 1.54) is 57.0 Å². The SMILES string of the molecule is C/C(=C\[C@H](C(C)C)N(C)C(=O)CNC=O)C(=O)O.C1CCN(C2CC2)CC1.CC(C)C. The minimum absolute atomic E-state index is 0.0736. The van der Waals surface area contributed by atoms with Gasteiger partial charge < -0.3 is 20.2 Å². The average molecular weight is 440 g/mol. The van der Waals surface area contributed by atoms with Crippen LogP contribution in [-0.2, 0) is 14.4 Å². The highest BCUT2D eigenvalue weighted by molar-refractivity contribution is 5.86. The Kier molecular flexibility index (Phi) is 14.9. The molecule has 2 rings (SSSR count). The molecule has 2 aliphatic rings. The summed E-state index contributed by atoms with van der Waals surface area (Å²) in [4.78, 5) is 36.8. The summed E-state index contributed by atoms with van der Waals surface area (Å²) in [6.07, 6.45) is 9.36. The lowest BCUT2D eigenvalue weighted by atomic mass is 10.00. The summed E-state index contributed by atoms with van der Waals surface area (Å²) < 4.78 is 0. The molecule has 7 heteroatoms. The summed E-state index contributed by atoms with van der Waals surface area (Å²) in [5.74, 6) is -0.368. The van der Waals surface area contributed by atoms with E-state index >= 15 is 0 Å². The molecule has 0 unspecified atom stereocenters. The smallest absolute Gasteiger partial charge is 0.331 e. The van der Waals surface area contributed by atoms with E-state index in [-0.39, 0.29) is 30.0 Å². The van der Waals surface area contributed by atoms with Crippen LogP contribution in [-0.4, -0.2) is 72.0 Å². The lowest BCUT2D eigenvalue weighted by Crippen LogP contribution is -2.43. The van der Waals surface area contributed by atoms with Gasteiger partial charge in [0.2, 0.25) is 12.3 Å². The Balaban J connectivity index is 0.000000562. The first-order chi connectivity index (χ1) is 14.5. The van der Waals surface area contributed by atoms with Crippen LogP contribution in [0.1, 0.15) is 73.6 Å². The van der Waals surface area contributed by atoms with Crippen molar-refractivity contribution in [1.29, 1.82) is 0 Å². The number of nitrogens with one attached hydrogen (secondary N) is 1. The van der Waals surface area contributed by atoms with Crippen LogP contribution in [0, 0.1) is 11.8 Å². The van der Waals surface area contributed by atoms with Gasteiger partial charge in [-0.1, -0.05) is 47.1 Å². The zero-order valence-corrected chi connectivity index (χ0v) is 20.7. The topological polar surface area (TPSA) is 90.0 Å². The Bertz CT molecular complexity index is 562. The van der Waals surface area contributed by atoms with E-state index < -0.39 is 5.97 Å². The molecule has 0 radical (unpaired) electrons. The molecule has 1 saturated heterocycles. The van der Waals surface area contributed by atoms with Crippen LogP contribution in [0.4, 0.5) is 0 Å². The van der Waals surface area contributed by atoms with Crippen molar-refractivity contribution < 1.29 is 19.5 Å². The van der Waals surface area contributed by atoms with E-state index in [1.807, 2.05) is 13.8 Å². The van der Waals surface area contributed by atoms with Crippen molar-refractivity contribution in [2.24, 2.45) is 11.8 Å². The second-order valence-electron chi connectivity index (χ2n) is 9.45. The summed E-state index contributed by atoms with van der Waals surface area (Å²) in [5, 5.41) is 11.1. The van der Waals surface area contributed by atoms with Crippen LogP contribution in [0.15, 0.2) is 11.6 Å². The molecule has 1 atom stereocenters. The number of aliphatic carboxylic acids is 1. The Morgan fingerprint density at radius 2 is 1.61 bits per heavy atom. The number of carbonyl (C=O) groups excluding carboxylic acids is 2. The zero-order chi connectivity index (χ0) is 24.0. The standard InChI is InChI=1S/C12H20N2O4.C8H15N.C4H10/c1-8(2)10(5-9(3)12(17)18)14(4)11(16)6-13-7-15;1-2-6-9(7-3-1)8-4-5-8;1-4(2)3/h5,7-8,10H,6H2,1-4H3,(H,13,15)(H,17,18);8H,1-7H2;4H,1-3H3/b9-5+;;/t10-;;/m1../s1. The fourth-order valence-electron chi connectivity index (χ4n) is 3.22. The van der Waals surface area contributed by atoms with E-state index in [0.717, 1.165) is 12.0 Å². The molecule has 2 fully saturated rings. The van der Waals surface area contributed by atoms with Gasteiger partial charge in [0.1, 0.15) is 0 Å². The fourth-order valence-corrected chi connectivity index (χ4v) is 3.22. The lowest BCUT2D eigenvalue weighted by Gasteiger charge is -2.29. The molecule has 1 heterocycles. The van der Waals surface area contributed by atoms with Gasteiger partial charge in [-0.15, -0.1) is 0 Å². The van der Waals surface area contributed by atoms with E-state index in [1.54, 1.807) is 13.1 Å². The molecule has 2 amide bonds. The molecule has 2 N–H and O–H groups in total. The van der Waals surface area contributed by atoms with Crippen LogP contribution < -0.4 is 5.32 Å². The number of amides is 2. The Hall–Kier alpha value is -1.89. The number of carboxylic acids is 1. The van der Waals surface area contributed by atoms with Crippen molar-refractivity contribution >= 4 is 18.3 Å². The molecular weight excluding hydrogens is 394 g/mol. The van der Waals surface area contributed by atoms with Gasteiger partial charge in [0, 0.05) is 18.7 Å². The monoisotopic (exact) mass is 439 g/mol.